The summed E-state index contributed by atoms with van der Waals surface area (Å²) in [6, 6.07) is 4.30. The molecular formula is C20H28N4O5S. The van der Waals surface area contributed by atoms with Gasteiger partial charge in [0.2, 0.25) is 15.9 Å². The Hall–Kier alpha value is -2.46. The molecule has 0 N–H and O–H groups in total. The minimum atomic E-state index is -3.75. The molecule has 164 valence electrons. The topological polar surface area (TPSA) is 102 Å². The zero-order valence-electron chi connectivity index (χ0n) is 17.6. The highest BCUT2D eigenvalue weighted by Gasteiger charge is 2.23. The molecule has 9 nitrogen and oxygen atoms in total. The number of fused-ring (bicyclic) bond motifs is 1. The third-order valence-electron chi connectivity index (χ3n) is 5.55. The van der Waals surface area contributed by atoms with Gasteiger partial charge in [-0.15, -0.1) is 0 Å². The first kappa shape index (κ1) is 22.2. The smallest absolute Gasteiger partial charge is 0.317 e. The molecule has 0 atom stereocenters. The van der Waals surface area contributed by atoms with E-state index >= 15 is 0 Å². The van der Waals surface area contributed by atoms with Crippen LogP contribution in [0.4, 0.5) is 0 Å². The lowest BCUT2D eigenvalue weighted by molar-refractivity contribution is -0.131. The molecule has 3 rings (SSSR count). The van der Waals surface area contributed by atoms with Crippen LogP contribution < -0.4 is 11.1 Å². The first-order valence-electron chi connectivity index (χ1n) is 10.2. The number of hydrogen-bond acceptors (Lipinski definition) is 5. The summed E-state index contributed by atoms with van der Waals surface area (Å²) >= 11 is 0. The number of nitrogens with zero attached hydrogens (tertiary/aromatic N) is 4. The highest BCUT2D eigenvalue weighted by Crippen LogP contribution is 2.20. The molecule has 1 aromatic heterocycles. The molecule has 0 saturated carbocycles. The number of aromatic nitrogens is 2. The van der Waals surface area contributed by atoms with Crippen molar-refractivity contribution in [2.24, 2.45) is 0 Å². The SMILES string of the molecule is CCn1c(=O)c(=O)n(CC(=O)N2CCCCCC2)c2cc(S(=O)(=O)N(C)C)ccc21. The van der Waals surface area contributed by atoms with E-state index in [9.17, 15) is 22.8 Å². The lowest BCUT2D eigenvalue weighted by Gasteiger charge is -2.22. The molecule has 1 aliphatic heterocycles. The third-order valence-corrected chi connectivity index (χ3v) is 7.36. The molecule has 1 aliphatic rings. The van der Waals surface area contributed by atoms with Crippen LogP contribution >= 0.6 is 0 Å². The van der Waals surface area contributed by atoms with Crippen LogP contribution in [-0.2, 0) is 27.9 Å². The van der Waals surface area contributed by atoms with Crippen LogP contribution in [0.25, 0.3) is 11.0 Å². The molecule has 10 heteroatoms. The average Bonchev–Trinajstić information content (AvgIpc) is 3.00. The number of amides is 1. The Morgan fingerprint density at radius 1 is 0.967 bits per heavy atom. The fourth-order valence-electron chi connectivity index (χ4n) is 3.79. The third kappa shape index (κ3) is 4.06. The van der Waals surface area contributed by atoms with E-state index in [2.05, 4.69) is 0 Å². The van der Waals surface area contributed by atoms with E-state index in [0.29, 0.717) is 18.6 Å². The van der Waals surface area contributed by atoms with Gasteiger partial charge in [0.05, 0.1) is 15.9 Å². The quantitative estimate of drug-likeness (QED) is 0.647. The van der Waals surface area contributed by atoms with Gasteiger partial charge < -0.3 is 9.47 Å². The molecule has 1 saturated heterocycles. The molecule has 2 aromatic rings. The number of hydrogen-bond donors (Lipinski definition) is 0. The van der Waals surface area contributed by atoms with E-state index in [0.717, 1.165) is 34.6 Å². The molecule has 30 heavy (non-hydrogen) atoms. The van der Waals surface area contributed by atoms with Crippen LogP contribution in [0.3, 0.4) is 0 Å². The van der Waals surface area contributed by atoms with Crippen molar-refractivity contribution < 1.29 is 13.2 Å². The van der Waals surface area contributed by atoms with Gasteiger partial charge in [0, 0.05) is 33.7 Å². The zero-order valence-corrected chi connectivity index (χ0v) is 18.4. The summed E-state index contributed by atoms with van der Waals surface area (Å²) in [7, 11) is -0.908. The normalized spacial score (nSPS) is 15.5. The Morgan fingerprint density at radius 2 is 1.57 bits per heavy atom. The molecule has 0 aliphatic carbocycles. The lowest BCUT2D eigenvalue weighted by atomic mass is 10.2. The molecule has 2 heterocycles. The van der Waals surface area contributed by atoms with E-state index < -0.39 is 21.1 Å². The summed E-state index contributed by atoms with van der Waals surface area (Å²) in [6.45, 7) is 2.94. The highest BCUT2D eigenvalue weighted by atomic mass is 32.2. The van der Waals surface area contributed by atoms with Crippen molar-refractivity contribution in [3.05, 3.63) is 38.9 Å². The van der Waals surface area contributed by atoms with E-state index in [1.165, 1.54) is 36.9 Å². The van der Waals surface area contributed by atoms with Crippen molar-refractivity contribution in [2.45, 2.75) is 50.6 Å². The second kappa shape index (κ2) is 8.73. The summed E-state index contributed by atoms with van der Waals surface area (Å²) in [6.07, 6.45) is 3.93. The van der Waals surface area contributed by atoms with Gasteiger partial charge in [0.15, 0.2) is 0 Å². The number of likely N-dealkylation sites (tertiary alicyclic amines) is 1. The minimum absolute atomic E-state index is 0.00308. The van der Waals surface area contributed by atoms with E-state index in [1.807, 2.05) is 0 Å². The van der Waals surface area contributed by atoms with Crippen molar-refractivity contribution >= 4 is 27.0 Å². The minimum Gasteiger partial charge on any atom is -0.341 e. The van der Waals surface area contributed by atoms with Crippen molar-refractivity contribution in [3.8, 4) is 0 Å². The van der Waals surface area contributed by atoms with Gasteiger partial charge in [0.25, 0.3) is 0 Å². The maximum absolute atomic E-state index is 12.9. The number of carbonyl (C=O) groups is 1. The number of sulfonamides is 1. The molecule has 0 unspecified atom stereocenters. The van der Waals surface area contributed by atoms with Crippen molar-refractivity contribution in [1.82, 2.24) is 18.3 Å². The molecule has 0 spiro atoms. The Bertz CT molecular complexity index is 1170. The number of aryl methyl sites for hydroxylation is 1. The summed E-state index contributed by atoms with van der Waals surface area (Å²) in [5.41, 5.74) is -0.875. The summed E-state index contributed by atoms with van der Waals surface area (Å²) in [5, 5.41) is 0. The first-order chi connectivity index (χ1) is 14.2. The van der Waals surface area contributed by atoms with Gasteiger partial charge in [0.1, 0.15) is 6.54 Å². The van der Waals surface area contributed by atoms with Crippen molar-refractivity contribution in [1.29, 1.82) is 0 Å². The lowest BCUT2D eigenvalue weighted by Crippen LogP contribution is -2.44. The van der Waals surface area contributed by atoms with Gasteiger partial charge in [-0.2, -0.15) is 0 Å². The summed E-state index contributed by atoms with van der Waals surface area (Å²) in [4.78, 5) is 40.1. The number of benzene rings is 1. The second-order valence-electron chi connectivity index (χ2n) is 7.67. The van der Waals surface area contributed by atoms with Gasteiger partial charge >= 0.3 is 11.1 Å². The number of carbonyl (C=O) groups excluding carboxylic acids is 1. The van der Waals surface area contributed by atoms with Crippen LogP contribution in [-0.4, -0.2) is 59.8 Å². The fraction of sp³-hybridized carbons (Fsp3) is 0.550. The fourth-order valence-corrected chi connectivity index (χ4v) is 4.72. The van der Waals surface area contributed by atoms with E-state index in [-0.39, 0.29) is 29.4 Å². The van der Waals surface area contributed by atoms with Crippen molar-refractivity contribution in [3.63, 3.8) is 0 Å². The molecule has 1 aromatic carbocycles. The first-order valence-corrected chi connectivity index (χ1v) is 11.6. The highest BCUT2D eigenvalue weighted by molar-refractivity contribution is 7.89. The predicted molar refractivity (Wildman–Crippen MR) is 114 cm³/mol. The molecule has 0 bridgehead atoms. The monoisotopic (exact) mass is 436 g/mol. The largest absolute Gasteiger partial charge is 0.341 e. The predicted octanol–water partition coefficient (Wildman–Crippen LogP) is 0.836. The zero-order chi connectivity index (χ0) is 22.1. The Kier molecular flexibility index (Phi) is 6.47. The molecule has 0 radical (unpaired) electrons. The van der Waals surface area contributed by atoms with Gasteiger partial charge in [-0.3, -0.25) is 19.0 Å². The van der Waals surface area contributed by atoms with E-state index in [1.54, 1.807) is 11.8 Å². The second-order valence-corrected chi connectivity index (χ2v) is 9.83. The average molecular weight is 437 g/mol. The van der Waals surface area contributed by atoms with Gasteiger partial charge in [-0.25, -0.2) is 12.7 Å². The standard InChI is InChI=1S/C20H28N4O5S/c1-4-23-16-10-9-15(30(28,29)21(2)3)13-17(16)24(20(27)19(23)26)14-18(25)22-11-7-5-6-8-12-22/h9-10,13H,4-8,11-12,14H2,1-3H3. The Morgan fingerprint density at radius 3 is 2.13 bits per heavy atom. The molecular weight excluding hydrogens is 408 g/mol. The number of rotatable bonds is 5. The maximum atomic E-state index is 12.9. The van der Waals surface area contributed by atoms with E-state index in [4.69, 9.17) is 0 Å². The van der Waals surface area contributed by atoms with Crippen LogP contribution in [0.15, 0.2) is 32.7 Å². The van der Waals surface area contributed by atoms with Gasteiger partial charge in [-0.1, -0.05) is 12.8 Å². The maximum Gasteiger partial charge on any atom is 0.317 e. The Labute approximate surface area is 175 Å². The summed E-state index contributed by atoms with van der Waals surface area (Å²) in [5.74, 6) is -0.241. The molecule has 1 fully saturated rings. The van der Waals surface area contributed by atoms with Gasteiger partial charge in [-0.05, 0) is 38.0 Å². The summed E-state index contributed by atoms with van der Waals surface area (Å²) < 4.78 is 28.7. The van der Waals surface area contributed by atoms with Crippen LogP contribution in [0.5, 0.6) is 0 Å². The molecule has 1 amide bonds. The Balaban J connectivity index is 2.18. The van der Waals surface area contributed by atoms with Crippen LogP contribution in [0, 0.1) is 0 Å². The van der Waals surface area contributed by atoms with Crippen LogP contribution in [0.2, 0.25) is 0 Å². The van der Waals surface area contributed by atoms with Crippen LogP contribution in [0.1, 0.15) is 32.6 Å². The van der Waals surface area contributed by atoms with Crippen molar-refractivity contribution in [2.75, 3.05) is 27.2 Å².